The van der Waals surface area contributed by atoms with Crippen LogP contribution >= 0.6 is 0 Å². The number of unbranched alkanes of at least 4 members (excludes halogenated alkanes) is 6. The lowest BCUT2D eigenvalue weighted by atomic mass is 9.97. The van der Waals surface area contributed by atoms with Crippen LogP contribution in [0.15, 0.2) is 12.1 Å². The lowest BCUT2D eigenvalue weighted by molar-refractivity contribution is 0.159. The summed E-state index contributed by atoms with van der Waals surface area (Å²) < 4.78 is 5.49. The van der Waals surface area contributed by atoms with Gasteiger partial charge < -0.3 is 9.84 Å². The van der Waals surface area contributed by atoms with Gasteiger partial charge in [0.05, 0.1) is 13.2 Å². The maximum Gasteiger partial charge on any atom is 0.127 e. The van der Waals surface area contributed by atoms with E-state index < -0.39 is 6.10 Å². The van der Waals surface area contributed by atoms with Gasteiger partial charge in [0.1, 0.15) is 5.75 Å². The maximum absolute atomic E-state index is 10.4. The van der Waals surface area contributed by atoms with Crippen molar-refractivity contribution in [2.75, 3.05) is 7.11 Å². The third-order valence-corrected chi connectivity index (χ3v) is 4.35. The summed E-state index contributed by atoms with van der Waals surface area (Å²) in [6, 6.07) is 4.08. The van der Waals surface area contributed by atoms with Crippen molar-refractivity contribution in [2.24, 2.45) is 0 Å². The molecule has 1 rings (SSSR count). The van der Waals surface area contributed by atoms with Crippen molar-refractivity contribution in [3.05, 3.63) is 28.8 Å². The summed E-state index contributed by atoms with van der Waals surface area (Å²) in [5.41, 5.74) is 3.28. The smallest absolute Gasteiger partial charge is 0.127 e. The largest absolute Gasteiger partial charge is 0.496 e. The molecule has 0 amide bonds. The molecule has 0 radical (unpaired) electrons. The van der Waals surface area contributed by atoms with Crippen molar-refractivity contribution < 1.29 is 9.84 Å². The highest BCUT2D eigenvalue weighted by atomic mass is 16.5. The Kier molecular flexibility index (Phi) is 8.44. The molecule has 0 bridgehead atoms. The molecule has 0 spiro atoms. The zero-order valence-corrected chi connectivity index (χ0v) is 14.2. The number of rotatable bonds is 10. The number of aryl methyl sites for hydroxylation is 1. The van der Waals surface area contributed by atoms with Gasteiger partial charge in [-0.05, 0) is 31.4 Å². The third-order valence-electron chi connectivity index (χ3n) is 4.35. The van der Waals surface area contributed by atoms with Gasteiger partial charge in [0.25, 0.3) is 0 Å². The van der Waals surface area contributed by atoms with Gasteiger partial charge in [0.2, 0.25) is 0 Å². The minimum Gasteiger partial charge on any atom is -0.496 e. The Bertz CT molecular complexity index is 412. The molecule has 0 aliphatic carbocycles. The van der Waals surface area contributed by atoms with E-state index in [1.165, 1.54) is 44.1 Å². The van der Waals surface area contributed by atoms with Crippen LogP contribution in [0.1, 0.15) is 81.1 Å². The molecular formula is C19H32O2. The zero-order chi connectivity index (χ0) is 15.7. The first-order valence-electron chi connectivity index (χ1n) is 8.44. The molecule has 0 saturated carbocycles. The molecule has 1 aromatic rings. The Balaban J connectivity index is 2.42. The van der Waals surface area contributed by atoms with Crippen LogP contribution in [0.2, 0.25) is 0 Å². The van der Waals surface area contributed by atoms with Crippen LogP contribution in [-0.4, -0.2) is 12.2 Å². The molecular weight excluding hydrogens is 260 g/mol. The molecule has 1 unspecified atom stereocenters. The van der Waals surface area contributed by atoms with Crippen LogP contribution in [0.25, 0.3) is 0 Å². The molecule has 2 heteroatoms. The van der Waals surface area contributed by atoms with Gasteiger partial charge in [-0.2, -0.15) is 0 Å². The topological polar surface area (TPSA) is 29.5 Å². The van der Waals surface area contributed by atoms with Crippen LogP contribution in [-0.2, 0) is 0 Å². The number of hydrogen-bond acceptors (Lipinski definition) is 2. The molecule has 0 heterocycles. The fourth-order valence-electron chi connectivity index (χ4n) is 2.79. The normalized spacial score (nSPS) is 12.4. The number of aliphatic hydroxyl groups excluding tert-OH is 1. The first kappa shape index (κ1) is 18.0. The van der Waals surface area contributed by atoms with E-state index in [1.54, 1.807) is 7.11 Å². The molecule has 120 valence electrons. The highest BCUT2D eigenvalue weighted by Crippen LogP contribution is 2.33. The Morgan fingerprint density at radius 3 is 2.24 bits per heavy atom. The molecule has 0 aliphatic heterocycles. The highest BCUT2D eigenvalue weighted by molar-refractivity contribution is 5.46. The summed E-state index contributed by atoms with van der Waals surface area (Å²) in [6.07, 6.45) is 9.34. The van der Waals surface area contributed by atoms with Crippen molar-refractivity contribution in [3.63, 3.8) is 0 Å². The van der Waals surface area contributed by atoms with Gasteiger partial charge in [-0.3, -0.25) is 0 Å². The molecule has 0 fully saturated rings. The van der Waals surface area contributed by atoms with E-state index in [0.717, 1.165) is 29.7 Å². The van der Waals surface area contributed by atoms with Gasteiger partial charge in [0, 0.05) is 5.56 Å². The van der Waals surface area contributed by atoms with Crippen LogP contribution < -0.4 is 4.74 Å². The van der Waals surface area contributed by atoms with Crippen LogP contribution in [0.4, 0.5) is 0 Å². The van der Waals surface area contributed by atoms with E-state index in [2.05, 4.69) is 26.8 Å². The third kappa shape index (κ3) is 5.70. The SMILES string of the molecule is CCCCCCCCCC(O)c1ccc(C)c(C)c1OC. The average Bonchev–Trinajstić information content (AvgIpc) is 2.48. The van der Waals surface area contributed by atoms with Crippen LogP contribution in [0, 0.1) is 13.8 Å². The van der Waals surface area contributed by atoms with E-state index in [0.29, 0.717) is 0 Å². The minimum absolute atomic E-state index is 0.408. The number of benzene rings is 1. The molecule has 1 N–H and O–H groups in total. The predicted octanol–water partition coefficient (Wildman–Crippen LogP) is 5.49. The number of hydrogen-bond donors (Lipinski definition) is 1. The second-order valence-electron chi connectivity index (χ2n) is 6.06. The lowest BCUT2D eigenvalue weighted by Gasteiger charge is -2.18. The van der Waals surface area contributed by atoms with Gasteiger partial charge in [-0.15, -0.1) is 0 Å². The predicted molar refractivity (Wildman–Crippen MR) is 90.0 cm³/mol. The van der Waals surface area contributed by atoms with Crippen molar-refractivity contribution in [1.29, 1.82) is 0 Å². The Morgan fingerprint density at radius 2 is 1.62 bits per heavy atom. The second-order valence-corrected chi connectivity index (χ2v) is 6.06. The quantitative estimate of drug-likeness (QED) is 0.578. The molecule has 0 aromatic heterocycles. The number of ether oxygens (including phenoxy) is 1. The van der Waals surface area contributed by atoms with Gasteiger partial charge in [0.15, 0.2) is 0 Å². The van der Waals surface area contributed by atoms with E-state index >= 15 is 0 Å². The highest BCUT2D eigenvalue weighted by Gasteiger charge is 2.15. The van der Waals surface area contributed by atoms with E-state index in [4.69, 9.17) is 4.74 Å². The van der Waals surface area contributed by atoms with E-state index in [1.807, 2.05) is 6.07 Å². The van der Waals surface area contributed by atoms with Gasteiger partial charge >= 0.3 is 0 Å². The zero-order valence-electron chi connectivity index (χ0n) is 14.2. The van der Waals surface area contributed by atoms with Crippen molar-refractivity contribution >= 4 is 0 Å². The molecule has 0 saturated heterocycles. The van der Waals surface area contributed by atoms with E-state index in [-0.39, 0.29) is 0 Å². The second kappa shape index (κ2) is 9.83. The van der Waals surface area contributed by atoms with Crippen molar-refractivity contribution in [1.82, 2.24) is 0 Å². The number of aliphatic hydroxyl groups is 1. The number of methoxy groups -OCH3 is 1. The summed E-state index contributed by atoms with van der Waals surface area (Å²) >= 11 is 0. The summed E-state index contributed by atoms with van der Waals surface area (Å²) in [6.45, 7) is 6.37. The lowest BCUT2D eigenvalue weighted by Crippen LogP contribution is -2.03. The summed E-state index contributed by atoms with van der Waals surface area (Å²) in [5, 5.41) is 10.4. The average molecular weight is 292 g/mol. The monoisotopic (exact) mass is 292 g/mol. The fraction of sp³-hybridized carbons (Fsp3) is 0.684. The van der Waals surface area contributed by atoms with Crippen LogP contribution in [0.5, 0.6) is 5.75 Å². The van der Waals surface area contributed by atoms with Crippen molar-refractivity contribution in [3.8, 4) is 5.75 Å². The van der Waals surface area contributed by atoms with E-state index in [9.17, 15) is 5.11 Å². The van der Waals surface area contributed by atoms with Gasteiger partial charge in [-0.25, -0.2) is 0 Å². The molecule has 2 nitrogen and oxygen atoms in total. The first-order chi connectivity index (χ1) is 10.1. The Labute approximate surface area is 130 Å². The molecule has 1 atom stereocenters. The fourth-order valence-corrected chi connectivity index (χ4v) is 2.79. The summed E-state index contributed by atoms with van der Waals surface area (Å²) in [4.78, 5) is 0. The molecule has 1 aromatic carbocycles. The summed E-state index contributed by atoms with van der Waals surface area (Å²) in [7, 11) is 1.69. The molecule has 21 heavy (non-hydrogen) atoms. The Hall–Kier alpha value is -1.02. The van der Waals surface area contributed by atoms with Gasteiger partial charge in [-0.1, -0.05) is 64.0 Å². The maximum atomic E-state index is 10.4. The van der Waals surface area contributed by atoms with Crippen molar-refractivity contribution in [2.45, 2.75) is 78.2 Å². The summed E-state index contributed by atoms with van der Waals surface area (Å²) in [5.74, 6) is 0.852. The standard InChI is InChI=1S/C19H32O2/c1-5-6-7-8-9-10-11-12-18(20)17-14-13-15(2)16(3)19(17)21-4/h13-14,18,20H,5-12H2,1-4H3. The van der Waals surface area contributed by atoms with Crippen LogP contribution in [0.3, 0.4) is 0 Å². The first-order valence-corrected chi connectivity index (χ1v) is 8.44. The molecule has 0 aliphatic rings. The Morgan fingerprint density at radius 1 is 1.00 bits per heavy atom. The minimum atomic E-state index is -0.408.